The summed E-state index contributed by atoms with van der Waals surface area (Å²) in [7, 11) is 0. The average molecular weight is 443 g/mol. The van der Waals surface area contributed by atoms with Gasteiger partial charge < -0.3 is 14.7 Å². The first-order valence-electron chi connectivity index (χ1n) is 11.2. The fourth-order valence-corrected chi connectivity index (χ4v) is 4.53. The van der Waals surface area contributed by atoms with Crippen LogP contribution in [0.4, 0.5) is 5.69 Å². The molecule has 4 nitrogen and oxygen atoms in total. The molecule has 0 bridgehead atoms. The largest absolute Gasteiger partial charge is 0.455 e. The summed E-state index contributed by atoms with van der Waals surface area (Å²) in [6.45, 7) is 0.476. The van der Waals surface area contributed by atoms with Crippen molar-refractivity contribution in [3.05, 3.63) is 125 Å². The van der Waals surface area contributed by atoms with Crippen LogP contribution < -0.4 is 11.3 Å². The van der Waals surface area contributed by atoms with Crippen molar-refractivity contribution >= 4 is 27.6 Å². The van der Waals surface area contributed by atoms with Gasteiger partial charge in [-0.1, -0.05) is 91.0 Å². The van der Waals surface area contributed by atoms with Crippen molar-refractivity contribution in [2.75, 3.05) is 5.73 Å². The van der Waals surface area contributed by atoms with Gasteiger partial charge in [-0.15, -0.1) is 0 Å². The van der Waals surface area contributed by atoms with Crippen LogP contribution in [0.2, 0.25) is 0 Å². The lowest BCUT2D eigenvalue weighted by molar-refractivity contribution is 0.670. The van der Waals surface area contributed by atoms with E-state index >= 15 is 0 Å². The van der Waals surface area contributed by atoms with E-state index in [1.807, 2.05) is 54.7 Å². The molecular formula is C30H22N2O2. The molecule has 0 amide bonds. The SMILES string of the molecule is Nc1cc(-c2ccc(-c3cccc4c3oc3ccccc34)cc2)cn(Cc2ccccc2)c1=O. The zero-order chi connectivity index (χ0) is 23.1. The molecule has 0 spiro atoms. The molecule has 34 heavy (non-hydrogen) atoms. The molecule has 0 aliphatic carbocycles. The number of nitrogen functional groups attached to an aromatic ring is 1. The van der Waals surface area contributed by atoms with E-state index in [-0.39, 0.29) is 11.2 Å². The third-order valence-electron chi connectivity index (χ3n) is 6.24. The summed E-state index contributed by atoms with van der Waals surface area (Å²) in [4.78, 5) is 12.6. The van der Waals surface area contributed by atoms with Gasteiger partial charge in [-0.25, -0.2) is 0 Å². The number of aromatic nitrogens is 1. The fraction of sp³-hybridized carbons (Fsp3) is 0.0333. The number of hydrogen-bond donors (Lipinski definition) is 1. The van der Waals surface area contributed by atoms with Gasteiger partial charge in [0.15, 0.2) is 0 Å². The molecule has 0 radical (unpaired) electrons. The van der Waals surface area contributed by atoms with Gasteiger partial charge in [0.1, 0.15) is 11.2 Å². The zero-order valence-electron chi connectivity index (χ0n) is 18.4. The molecule has 6 aromatic rings. The molecule has 2 N–H and O–H groups in total. The number of hydrogen-bond acceptors (Lipinski definition) is 3. The Bertz CT molecular complexity index is 1690. The molecule has 2 heterocycles. The highest BCUT2D eigenvalue weighted by Crippen LogP contribution is 2.36. The van der Waals surface area contributed by atoms with Gasteiger partial charge in [-0.05, 0) is 28.8 Å². The second-order valence-corrected chi connectivity index (χ2v) is 8.46. The molecule has 0 saturated carbocycles. The zero-order valence-corrected chi connectivity index (χ0v) is 18.4. The van der Waals surface area contributed by atoms with Crippen LogP contribution in [0, 0.1) is 0 Å². The number of anilines is 1. The normalized spacial score (nSPS) is 11.3. The van der Waals surface area contributed by atoms with Crippen molar-refractivity contribution in [1.29, 1.82) is 0 Å². The van der Waals surface area contributed by atoms with Gasteiger partial charge in [0.2, 0.25) is 0 Å². The van der Waals surface area contributed by atoms with Gasteiger partial charge in [0.05, 0.1) is 12.2 Å². The Morgan fingerprint density at radius 1 is 0.706 bits per heavy atom. The average Bonchev–Trinajstić information content (AvgIpc) is 3.26. The summed E-state index contributed by atoms with van der Waals surface area (Å²) in [6, 6.07) is 34.3. The van der Waals surface area contributed by atoms with E-state index in [4.69, 9.17) is 10.2 Å². The maximum Gasteiger partial charge on any atom is 0.274 e. The number of fused-ring (bicyclic) bond motifs is 3. The van der Waals surface area contributed by atoms with Gasteiger partial charge in [0, 0.05) is 28.1 Å². The van der Waals surface area contributed by atoms with E-state index in [1.54, 1.807) is 10.6 Å². The van der Waals surface area contributed by atoms with Crippen molar-refractivity contribution in [2.45, 2.75) is 6.54 Å². The maximum atomic E-state index is 12.6. The van der Waals surface area contributed by atoms with E-state index in [2.05, 4.69) is 48.5 Å². The summed E-state index contributed by atoms with van der Waals surface area (Å²) in [5.41, 5.74) is 13.0. The summed E-state index contributed by atoms with van der Waals surface area (Å²) in [5.74, 6) is 0. The minimum Gasteiger partial charge on any atom is -0.455 e. The van der Waals surface area contributed by atoms with E-state index in [0.717, 1.165) is 49.8 Å². The van der Waals surface area contributed by atoms with Crippen LogP contribution in [-0.2, 0) is 6.54 Å². The van der Waals surface area contributed by atoms with Gasteiger partial charge in [-0.3, -0.25) is 4.79 Å². The van der Waals surface area contributed by atoms with Crippen LogP contribution in [-0.4, -0.2) is 4.57 Å². The van der Waals surface area contributed by atoms with Crippen molar-refractivity contribution in [3.8, 4) is 22.3 Å². The predicted molar refractivity (Wildman–Crippen MR) is 139 cm³/mol. The minimum absolute atomic E-state index is 0.180. The number of benzene rings is 4. The topological polar surface area (TPSA) is 61.2 Å². The molecule has 0 aliphatic heterocycles. The highest BCUT2D eigenvalue weighted by molar-refractivity contribution is 6.09. The molecule has 4 heteroatoms. The van der Waals surface area contributed by atoms with Crippen LogP contribution in [0.15, 0.2) is 119 Å². The molecule has 6 rings (SSSR count). The molecule has 2 aromatic heterocycles. The molecule has 0 fully saturated rings. The second kappa shape index (κ2) is 8.09. The Morgan fingerprint density at radius 2 is 1.41 bits per heavy atom. The molecule has 0 unspecified atom stereocenters. The Labute approximate surface area is 196 Å². The number of rotatable bonds is 4. The van der Waals surface area contributed by atoms with E-state index in [1.165, 1.54) is 0 Å². The molecular weight excluding hydrogens is 420 g/mol. The molecule has 0 saturated heterocycles. The first-order chi connectivity index (χ1) is 16.7. The summed E-state index contributed by atoms with van der Waals surface area (Å²) >= 11 is 0. The van der Waals surface area contributed by atoms with Crippen LogP contribution >= 0.6 is 0 Å². The minimum atomic E-state index is -0.180. The molecule has 0 atom stereocenters. The Balaban J connectivity index is 1.39. The van der Waals surface area contributed by atoms with E-state index < -0.39 is 0 Å². The Morgan fingerprint density at radius 3 is 2.24 bits per heavy atom. The van der Waals surface area contributed by atoms with Crippen LogP contribution in [0.3, 0.4) is 0 Å². The second-order valence-electron chi connectivity index (χ2n) is 8.46. The van der Waals surface area contributed by atoms with E-state index in [9.17, 15) is 4.79 Å². The lowest BCUT2D eigenvalue weighted by Gasteiger charge is -2.11. The monoisotopic (exact) mass is 442 g/mol. The highest BCUT2D eigenvalue weighted by Gasteiger charge is 2.12. The number of nitrogens with zero attached hydrogens (tertiary/aromatic N) is 1. The van der Waals surface area contributed by atoms with Crippen LogP contribution in [0.5, 0.6) is 0 Å². The van der Waals surface area contributed by atoms with Crippen LogP contribution in [0.25, 0.3) is 44.2 Å². The van der Waals surface area contributed by atoms with Crippen molar-refractivity contribution in [1.82, 2.24) is 4.57 Å². The fourth-order valence-electron chi connectivity index (χ4n) is 4.53. The quantitative estimate of drug-likeness (QED) is 0.330. The van der Waals surface area contributed by atoms with Crippen molar-refractivity contribution in [3.63, 3.8) is 0 Å². The Kier molecular flexibility index (Phi) is 4.77. The first-order valence-corrected chi connectivity index (χ1v) is 11.2. The number of furan rings is 1. The lowest BCUT2D eigenvalue weighted by atomic mass is 9.99. The van der Waals surface area contributed by atoms with Crippen molar-refractivity contribution < 1.29 is 4.42 Å². The molecule has 4 aromatic carbocycles. The Hall–Kier alpha value is -4.57. The van der Waals surface area contributed by atoms with Gasteiger partial charge >= 0.3 is 0 Å². The number of para-hydroxylation sites is 2. The summed E-state index contributed by atoms with van der Waals surface area (Å²) in [6.07, 6.45) is 1.88. The predicted octanol–water partition coefficient (Wildman–Crippen LogP) is 6.71. The maximum absolute atomic E-state index is 12.6. The standard InChI is InChI=1S/C30H22N2O2/c31-27-17-23(19-32(30(27)33)18-20-7-2-1-3-8-20)21-13-15-22(16-14-21)24-10-6-11-26-25-9-4-5-12-28(25)34-29(24)26/h1-17,19H,18,31H2. The van der Waals surface area contributed by atoms with Crippen LogP contribution in [0.1, 0.15) is 5.56 Å². The smallest absolute Gasteiger partial charge is 0.274 e. The lowest BCUT2D eigenvalue weighted by Crippen LogP contribution is -2.23. The molecule has 164 valence electrons. The number of pyridine rings is 1. The highest BCUT2D eigenvalue weighted by atomic mass is 16.3. The molecule has 0 aliphatic rings. The van der Waals surface area contributed by atoms with Crippen molar-refractivity contribution in [2.24, 2.45) is 0 Å². The van der Waals surface area contributed by atoms with Gasteiger partial charge in [0.25, 0.3) is 5.56 Å². The third kappa shape index (κ3) is 3.46. The third-order valence-corrected chi connectivity index (χ3v) is 6.24. The first kappa shape index (κ1) is 20.1. The van der Waals surface area contributed by atoms with E-state index in [0.29, 0.717) is 6.54 Å². The summed E-state index contributed by atoms with van der Waals surface area (Å²) < 4.78 is 7.87. The summed E-state index contributed by atoms with van der Waals surface area (Å²) in [5, 5.41) is 2.23. The number of nitrogens with two attached hydrogens (primary N) is 1. The van der Waals surface area contributed by atoms with Gasteiger partial charge in [-0.2, -0.15) is 0 Å².